The number of rotatable bonds is 5. The number of hydrogen-bond acceptors (Lipinski definition) is 4. The number of nitrogens with zero attached hydrogens (tertiary/aromatic N) is 3. The lowest BCUT2D eigenvalue weighted by molar-refractivity contribution is -0.385. The van der Waals surface area contributed by atoms with Gasteiger partial charge in [0.1, 0.15) is 12.4 Å². The Labute approximate surface area is 139 Å². The first-order valence-electron chi connectivity index (χ1n) is 8.42. The van der Waals surface area contributed by atoms with E-state index in [4.69, 9.17) is 4.43 Å². The van der Waals surface area contributed by atoms with E-state index in [1.807, 2.05) is 0 Å². The Morgan fingerprint density at radius 1 is 1.35 bits per heavy atom. The fourth-order valence-corrected chi connectivity index (χ4v) is 3.83. The largest absolute Gasteiger partial charge is 0.417 e. The van der Waals surface area contributed by atoms with Crippen LogP contribution in [0.2, 0.25) is 18.1 Å². The van der Waals surface area contributed by atoms with Gasteiger partial charge in [0.25, 0.3) is 0 Å². The quantitative estimate of drug-likeness (QED) is 0.448. The first-order chi connectivity index (χ1) is 10.6. The molecule has 2 rings (SSSR count). The lowest BCUT2D eigenvalue weighted by atomic mass is 9.87. The van der Waals surface area contributed by atoms with Crippen molar-refractivity contribution in [3.63, 3.8) is 0 Å². The zero-order valence-corrected chi connectivity index (χ0v) is 15.9. The van der Waals surface area contributed by atoms with Gasteiger partial charge in [-0.25, -0.2) is 0 Å². The fraction of sp³-hybridized carbons (Fsp3) is 0.812. The van der Waals surface area contributed by atoms with Gasteiger partial charge in [0.2, 0.25) is 0 Å². The van der Waals surface area contributed by atoms with Gasteiger partial charge in [-0.1, -0.05) is 20.8 Å². The molecule has 0 amide bonds. The van der Waals surface area contributed by atoms with E-state index in [0.29, 0.717) is 5.92 Å². The highest BCUT2D eigenvalue weighted by atomic mass is 28.4. The average molecular weight is 340 g/mol. The van der Waals surface area contributed by atoms with Gasteiger partial charge < -0.3 is 4.43 Å². The lowest BCUT2D eigenvalue weighted by Gasteiger charge is -2.38. The van der Waals surface area contributed by atoms with Gasteiger partial charge in [0.05, 0.1) is 11.0 Å². The molecule has 0 unspecified atom stereocenters. The Hall–Kier alpha value is -1.21. The standard InChI is InChI=1S/C16H29N3O3Si/c1-16(2,3)23(4,5)22-12-13-6-8-14(9-7-13)18-11-15(10-17-18)19(20)21/h10-11,13-14H,6-9,12H2,1-5H3. The molecule has 1 heterocycles. The molecule has 0 bridgehead atoms. The summed E-state index contributed by atoms with van der Waals surface area (Å²) in [5, 5.41) is 15.2. The van der Waals surface area contributed by atoms with Gasteiger partial charge in [-0.05, 0) is 49.7 Å². The summed E-state index contributed by atoms with van der Waals surface area (Å²) in [5.74, 6) is 0.603. The summed E-state index contributed by atoms with van der Waals surface area (Å²) in [7, 11) is -1.67. The SMILES string of the molecule is CC(C)(C)[Si](C)(C)OCC1CCC(n2cc([N+](=O)[O-])cn2)CC1. The second-order valence-corrected chi connectivity index (χ2v) is 13.0. The first kappa shape index (κ1) is 18.1. The topological polar surface area (TPSA) is 70.2 Å². The van der Waals surface area contributed by atoms with Crippen molar-refractivity contribution in [3.8, 4) is 0 Å². The smallest absolute Gasteiger partial charge is 0.307 e. The van der Waals surface area contributed by atoms with Crippen molar-refractivity contribution in [2.24, 2.45) is 5.92 Å². The Bertz CT molecular complexity index is 543. The lowest BCUT2D eigenvalue weighted by Crippen LogP contribution is -2.42. The Morgan fingerprint density at radius 3 is 2.43 bits per heavy atom. The van der Waals surface area contributed by atoms with Gasteiger partial charge in [-0.15, -0.1) is 0 Å². The highest BCUT2D eigenvalue weighted by Gasteiger charge is 2.38. The van der Waals surface area contributed by atoms with Crippen molar-refractivity contribution < 1.29 is 9.35 Å². The number of aromatic nitrogens is 2. The highest BCUT2D eigenvalue weighted by molar-refractivity contribution is 6.74. The molecular weight excluding hydrogens is 310 g/mol. The van der Waals surface area contributed by atoms with E-state index in [0.717, 1.165) is 32.3 Å². The second-order valence-electron chi connectivity index (χ2n) is 8.18. The van der Waals surface area contributed by atoms with Gasteiger partial charge >= 0.3 is 5.69 Å². The summed E-state index contributed by atoms with van der Waals surface area (Å²) in [6, 6.07) is 0.285. The third-order valence-electron chi connectivity index (χ3n) is 5.48. The van der Waals surface area contributed by atoms with E-state index in [2.05, 4.69) is 39.0 Å². The molecule has 0 aromatic carbocycles. The molecule has 1 aromatic heterocycles. The molecule has 0 saturated heterocycles. The van der Waals surface area contributed by atoms with Crippen LogP contribution in [-0.4, -0.2) is 29.6 Å². The van der Waals surface area contributed by atoms with E-state index in [1.165, 1.54) is 6.20 Å². The fourth-order valence-electron chi connectivity index (χ4n) is 2.74. The van der Waals surface area contributed by atoms with Crippen LogP contribution in [0.3, 0.4) is 0 Å². The highest BCUT2D eigenvalue weighted by Crippen LogP contribution is 2.38. The second kappa shape index (κ2) is 6.73. The summed E-state index contributed by atoms with van der Waals surface area (Å²) in [6.45, 7) is 12.2. The van der Waals surface area contributed by atoms with Crippen LogP contribution in [0.1, 0.15) is 52.5 Å². The van der Waals surface area contributed by atoms with Crippen molar-refractivity contribution in [1.29, 1.82) is 0 Å². The molecule has 1 aliphatic rings. The Balaban J connectivity index is 1.83. The van der Waals surface area contributed by atoms with Crippen LogP contribution in [-0.2, 0) is 4.43 Å². The minimum atomic E-state index is -1.67. The summed E-state index contributed by atoms with van der Waals surface area (Å²) < 4.78 is 8.10. The molecule has 0 N–H and O–H groups in total. The van der Waals surface area contributed by atoms with Crippen LogP contribution in [0.4, 0.5) is 5.69 Å². The maximum absolute atomic E-state index is 10.7. The molecule has 1 fully saturated rings. The zero-order valence-electron chi connectivity index (χ0n) is 14.9. The van der Waals surface area contributed by atoms with Crippen molar-refractivity contribution in [3.05, 3.63) is 22.5 Å². The normalized spacial score (nSPS) is 23.0. The molecule has 23 heavy (non-hydrogen) atoms. The molecular formula is C16H29N3O3Si. The minimum absolute atomic E-state index is 0.0772. The Kier molecular flexibility index (Phi) is 5.30. The van der Waals surface area contributed by atoms with Crippen molar-refractivity contribution in [2.75, 3.05) is 6.61 Å². The molecule has 0 atom stereocenters. The molecule has 0 spiro atoms. The molecule has 0 aliphatic heterocycles. The van der Waals surface area contributed by atoms with Crippen molar-refractivity contribution >= 4 is 14.0 Å². The predicted octanol–water partition coefficient (Wildman–Crippen LogP) is 4.54. The van der Waals surface area contributed by atoms with E-state index < -0.39 is 8.32 Å². The summed E-state index contributed by atoms with van der Waals surface area (Å²) >= 11 is 0. The molecule has 1 aromatic rings. The Morgan fingerprint density at radius 2 is 1.96 bits per heavy atom. The monoisotopic (exact) mass is 339 g/mol. The summed E-state index contributed by atoms with van der Waals surface area (Å²) in [5.41, 5.74) is 0.0772. The van der Waals surface area contributed by atoms with E-state index >= 15 is 0 Å². The molecule has 130 valence electrons. The van der Waals surface area contributed by atoms with Crippen molar-refractivity contribution in [1.82, 2.24) is 9.78 Å². The number of hydrogen-bond donors (Lipinski definition) is 0. The molecule has 6 nitrogen and oxygen atoms in total. The number of nitro groups is 1. The van der Waals surface area contributed by atoms with Gasteiger partial charge in [-0.3, -0.25) is 14.8 Å². The molecule has 1 aliphatic carbocycles. The molecule has 1 saturated carbocycles. The van der Waals surface area contributed by atoms with E-state index in [1.54, 1.807) is 10.9 Å². The third-order valence-corrected chi connectivity index (χ3v) is 9.98. The molecule has 7 heteroatoms. The van der Waals surface area contributed by atoms with Crippen LogP contribution in [0, 0.1) is 16.0 Å². The van der Waals surface area contributed by atoms with Crippen LogP contribution in [0.25, 0.3) is 0 Å². The summed E-state index contributed by atoms with van der Waals surface area (Å²) in [4.78, 5) is 10.4. The maximum atomic E-state index is 10.7. The first-order valence-corrected chi connectivity index (χ1v) is 11.3. The average Bonchev–Trinajstić information content (AvgIpc) is 2.94. The summed E-state index contributed by atoms with van der Waals surface area (Å²) in [6.07, 6.45) is 7.14. The maximum Gasteiger partial charge on any atom is 0.307 e. The zero-order chi connectivity index (χ0) is 17.3. The molecule has 0 radical (unpaired) electrons. The van der Waals surface area contributed by atoms with Crippen molar-refractivity contribution in [2.45, 2.75) is 70.6 Å². The van der Waals surface area contributed by atoms with Crippen LogP contribution >= 0.6 is 0 Å². The van der Waals surface area contributed by atoms with Gasteiger partial charge in [-0.2, -0.15) is 5.10 Å². The van der Waals surface area contributed by atoms with E-state index in [9.17, 15) is 10.1 Å². The van der Waals surface area contributed by atoms with Crippen LogP contribution < -0.4 is 0 Å². The minimum Gasteiger partial charge on any atom is -0.417 e. The predicted molar refractivity (Wildman–Crippen MR) is 93.0 cm³/mol. The van der Waals surface area contributed by atoms with Crippen LogP contribution in [0.5, 0.6) is 0 Å². The van der Waals surface area contributed by atoms with Crippen LogP contribution in [0.15, 0.2) is 12.4 Å². The van der Waals surface area contributed by atoms with E-state index in [-0.39, 0.29) is 21.7 Å². The van der Waals surface area contributed by atoms with Gasteiger partial charge in [0.15, 0.2) is 8.32 Å². The third kappa shape index (κ3) is 4.41. The van der Waals surface area contributed by atoms with Gasteiger partial charge in [0, 0.05) is 6.61 Å².